The predicted octanol–water partition coefficient (Wildman–Crippen LogP) is 0.852. The Morgan fingerprint density at radius 2 is 2.24 bits per heavy atom. The van der Waals surface area contributed by atoms with Gasteiger partial charge in [0, 0.05) is 31.7 Å². The highest BCUT2D eigenvalue weighted by Crippen LogP contribution is 2.24. The number of piperazine rings is 1. The molecule has 1 heterocycles. The maximum Gasteiger partial charge on any atom is 0.238 e. The lowest BCUT2D eigenvalue weighted by Gasteiger charge is -2.37. The summed E-state index contributed by atoms with van der Waals surface area (Å²) in [7, 11) is 3.70. The Kier molecular flexibility index (Phi) is 5.03. The molecule has 0 bridgehead atoms. The van der Waals surface area contributed by atoms with Crippen molar-refractivity contribution in [3.8, 4) is 5.75 Å². The number of benzene rings is 1. The summed E-state index contributed by atoms with van der Waals surface area (Å²) in [6.45, 7) is 5.36. The number of hydrogen-bond donors (Lipinski definition) is 2. The molecule has 6 heteroatoms. The van der Waals surface area contributed by atoms with Gasteiger partial charge < -0.3 is 20.7 Å². The van der Waals surface area contributed by atoms with Gasteiger partial charge in [-0.1, -0.05) is 0 Å². The number of hydrogen-bond acceptors (Lipinski definition) is 5. The zero-order valence-corrected chi connectivity index (χ0v) is 12.9. The highest BCUT2D eigenvalue weighted by Gasteiger charge is 2.22. The highest BCUT2D eigenvalue weighted by atomic mass is 16.5. The second-order valence-corrected chi connectivity index (χ2v) is 5.57. The van der Waals surface area contributed by atoms with Crippen molar-refractivity contribution in [3.63, 3.8) is 0 Å². The van der Waals surface area contributed by atoms with Crippen LogP contribution in [0.2, 0.25) is 0 Å². The van der Waals surface area contributed by atoms with Crippen molar-refractivity contribution in [2.24, 2.45) is 0 Å². The van der Waals surface area contributed by atoms with E-state index in [2.05, 4.69) is 29.1 Å². The third kappa shape index (κ3) is 4.09. The molecule has 0 saturated carbocycles. The van der Waals surface area contributed by atoms with Crippen molar-refractivity contribution in [1.82, 2.24) is 9.80 Å². The SMILES string of the molecule is COc1ccc(NC(=O)CN2CCN(C)C(C)C2)c(N)c1. The van der Waals surface area contributed by atoms with Gasteiger partial charge in [0.15, 0.2) is 0 Å². The van der Waals surface area contributed by atoms with Crippen molar-refractivity contribution in [2.75, 3.05) is 51.4 Å². The van der Waals surface area contributed by atoms with Crippen LogP contribution in [-0.2, 0) is 4.79 Å². The van der Waals surface area contributed by atoms with Crippen LogP contribution >= 0.6 is 0 Å². The summed E-state index contributed by atoms with van der Waals surface area (Å²) in [6.07, 6.45) is 0. The summed E-state index contributed by atoms with van der Waals surface area (Å²) >= 11 is 0. The number of amides is 1. The second kappa shape index (κ2) is 6.78. The fourth-order valence-electron chi connectivity index (χ4n) is 2.44. The van der Waals surface area contributed by atoms with Gasteiger partial charge in [-0.2, -0.15) is 0 Å². The quantitative estimate of drug-likeness (QED) is 0.805. The number of nitrogens with zero attached hydrogens (tertiary/aromatic N) is 2. The van der Waals surface area contributed by atoms with Crippen LogP contribution in [0.25, 0.3) is 0 Å². The number of nitrogen functional groups attached to an aromatic ring is 1. The Balaban J connectivity index is 1.90. The van der Waals surface area contributed by atoms with Crippen LogP contribution in [0.1, 0.15) is 6.92 Å². The fraction of sp³-hybridized carbons (Fsp3) is 0.533. The third-order valence-electron chi connectivity index (χ3n) is 3.94. The number of anilines is 2. The lowest BCUT2D eigenvalue weighted by atomic mass is 10.2. The number of likely N-dealkylation sites (N-methyl/N-ethyl adjacent to an activating group) is 1. The van der Waals surface area contributed by atoms with E-state index in [4.69, 9.17) is 10.5 Å². The minimum Gasteiger partial charge on any atom is -0.497 e. The molecule has 116 valence electrons. The minimum absolute atomic E-state index is 0.0383. The Morgan fingerprint density at radius 1 is 1.48 bits per heavy atom. The van der Waals surface area contributed by atoms with E-state index in [1.165, 1.54) is 0 Å². The maximum absolute atomic E-state index is 12.1. The van der Waals surface area contributed by atoms with Crippen LogP contribution < -0.4 is 15.8 Å². The Labute approximate surface area is 125 Å². The average Bonchev–Trinajstić information content (AvgIpc) is 2.45. The van der Waals surface area contributed by atoms with E-state index >= 15 is 0 Å². The van der Waals surface area contributed by atoms with Gasteiger partial charge in [-0.05, 0) is 26.1 Å². The summed E-state index contributed by atoms with van der Waals surface area (Å²) in [5.41, 5.74) is 7.04. The first-order chi connectivity index (χ1) is 9.99. The number of ether oxygens (including phenoxy) is 1. The zero-order chi connectivity index (χ0) is 15.4. The summed E-state index contributed by atoms with van der Waals surface area (Å²) < 4.78 is 5.09. The van der Waals surface area contributed by atoms with Crippen LogP contribution in [0.15, 0.2) is 18.2 Å². The molecule has 0 spiro atoms. The van der Waals surface area contributed by atoms with Gasteiger partial charge in [0.25, 0.3) is 0 Å². The molecule has 0 aromatic heterocycles. The van der Waals surface area contributed by atoms with Crippen LogP contribution in [0.5, 0.6) is 5.75 Å². The molecule has 1 aromatic rings. The smallest absolute Gasteiger partial charge is 0.238 e. The molecule has 3 N–H and O–H groups in total. The summed E-state index contributed by atoms with van der Waals surface area (Å²) in [5, 5.41) is 2.86. The van der Waals surface area contributed by atoms with Gasteiger partial charge in [0.1, 0.15) is 5.75 Å². The molecule has 0 radical (unpaired) electrons. The van der Waals surface area contributed by atoms with Crippen LogP contribution in [-0.4, -0.2) is 62.1 Å². The number of carbonyl (C=O) groups excluding carboxylic acids is 1. The van der Waals surface area contributed by atoms with Crippen molar-refractivity contribution in [2.45, 2.75) is 13.0 Å². The number of nitrogens with one attached hydrogen (secondary N) is 1. The third-order valence-corrected chi connectivity index (χ3v) is 3.94. The van der Waals surface area contributed by atoms with E-state index in [0.29, 0.717) is 29.7 Å². The van der Waals surface area contributed by atoms with E-state index in [1.807, 2.05) is 0 Å². The molecule has 21 heavy (non-hydrogen) atoms. The molecule has 1 aromatic carbocycles. The fourth-order valence-corrected chi connectivity index (χ4v) is 2.44. The summed E-state index contributed by atoms with van der Waals surface area (Å²) in [4.78, 5) is 16.6. The maximum atomic E-state index is 12.1. The zero-order valence-electron chi connectivity index (χ0n) is 12.9. The van der Waals surface area contributed by atoms with E-state index in [1.54, 1.807) is 25.3 Å². The van der Waals surface area contributed by atoms with Gasteiger partial charge in [0.2, 0.25) is 5.91 Å². The topological polar surface area (TPSA) is 70.8 Å². The molecular formula is C15H24N4O2. The van der Waals surface area contributed by atoms with Gasteiger partial charge in [-0.25, -0.2) is 0 Å². The molecule has 1 amide bonds. The molecule has 0 aliphatic carbocycles. The van der Waals surface area contributed by atoms with Crippen LogP contribution in [0.3, 0.4) is 0 Å². The molecule has 1 aliphatic heterocycles. The van der Waals surface area contributed by atoms with Gasteiger partial charge >= 0.3 is 0 Å². The summed E-state index contributed by atoms with van der Waals surface area (Å²) in [5.74, 6) is 0.641. The number of carbonyl (C=O) groups is 1. The first-order valence-electron chi connectivity index (χ1n) is 7.15. The lowest BCUT2D eigenvalue weighted by Crippen LogP contribution is -2.51. The number of nitrogens with two attached hydrogens (primary N) is 1. The first kappa shape index (κ1) is 15.6. The summed E-state index contributed by atoms with van der Waals surface area (Å²) in [6, 6.07) is 5.72. The molecule has 1 fully saturated rings. The van der Waals surface area contributed by atoms with Gasteiger partial charge in [-0.15, -0.1) is 0 Å². The van der Waals surface area contributed by atoms with E-state index < -0.39 is 0 Å². The predicted molar refractivity (Wildman–Crippen MR) is 84.6 cm³/mol. The second-order valence-electron chi connectivity index (χ2n) is 5.57. The lowest BCUT2D eigenvalue weighted by molar-refractivity contribution is -0.117. The monoisotopic (exact) mass is 292 g/mol. The Morgan fingerprint density at radius 3 is 2.86 bits per heavy atom. The Bertz CT molecular complexity index is 506. The van der Waals surface area contributed by atoms with Gasteiger partial charge in [0.05, 0.1) is 25.0 Å². The van der Waals surface area contributed by atoms with Crippen molar-refractivity contribution < 1.29 is 9.53 Å². The molecule has 6 nitrogen and oxygen atoms in total. The highest BCUT2D eigenvalue weighted by molar-refractivity contribution is 5.95. The normalized spacial score (nSPS) is 20.2. The molecule has 2 rings (SSSR count). The van der Waals surface area contributed by atoms with Crippen LogP contribution in [0, 0.1) is 0 Å². The van der Waals surface area contributed by atoms with E-state index in [0.717, 1.165) is 19.6 Å². The van der Waals surface area contributed by atoms with Crippen molar-refractivity contribution in [3.05, 3.63) is 18.2 Å². The number of rotatable bonds is 4. The molecule has 1 aliphatic rings. The number of methoxy groups -OCH3 is 1. The average molecular weight is 292 g/mol. The molecule has 1 saturated heterocycles. The van der Waals surface area contributed by atoms with E-state index in [-0.39, 0.29) is 5.91 Å². The van der Waals surface area contributed by atoms with Crippen molar-refractivity contribution >= 4 is 17.3 Å². The van der Waals surface area contributed by atoms with Crippen LogP contribution in [0.4, 0.5) is 11.4 Å². The minimum atomic E-state index is -0.0383. The molecular weight excluding hydrogens is 268 g/mol. The van der Waals surface area contributed by atoms with E-state index in [9.17, 15) is 4.79 Å². The van der Waals surface area contributed by atoms with Gasteiger partial charge in [-0.3, -0.25) is 9.69 Å². The molecule has 1 atom stereocenters. The van der Waals surface area contributed by atoms with Crippen molar-refractivity contribution in [1.29, 1.82) is 0 Å². The standard InChI is InChI=1S/C15H24N4O2/c1-11-9-19(7-6-18(11)2)10-15(20)17-14-5-4-12(21-3)8-13(14)16/h4-5,8,11H,6-7,9-10,16H2,1-3H3,(H,17,20). The Hall–Kier alpha value is -1.79. The first-order valence-corrected chi connectivity index (χ1v) is 7.15. The molecule has 1 unspecified atom stereocenters. The largest absolute Gasteiger partial charge is 0.497 e.